The predicted octanol–water partition coefficient (Wildman–Crippen LogP) is 1.86. The molecule has 0 unspecified atom stereocenters. The summed E-state index contributed by atoms with van der Waals surface area (Å²) < 4.78 is 5.21. The van der Waals surface area contributed by atoms with Crippen molar-refractivity contribution < 1.29 is 19.4 Å². The molecule has 1 aliphatic heterocycles. The Kier molecular flexibility index (Phi) is 3.78. The fraction of sp³-hybridized carbons (Fsp3) is 0.818. The molecule has 0 aliphatic carbocycles. The second-order valence-corrected chi connectivity index (χ2v) is 5.02. The van der Waals surface area contributed by atoms with Gasteiger partial charge in [0.1, 0.15) is 11.6 Å². The van der Waals surface area contributed by atoms with E-state index in [0.29, 0.717) is 13.0 Å². The maximum atomic E-state index is 11.8. The number of hydrogen-bond donors (Lipinski definition) is 1. The van der Waals surface area contributed by atoms with Gasteiger partial charge in [-0.15, -0.1) is 0 Å². The smallest absolute Gasteiger partial charge is 0.408 e. The zero-order chi connectivity index (χ0) is 12.3. The maximum Gasteiger partial charge on any atom is 0.408 e. The molecule has 0 bridgehead atoms. The molecule has 1 heterocycles. The lowest BCUT2D eigenvalue weighted by molar-refractivity contribution is -0.161. The zero-order valence-electron chi connectivity index (χ0n) is 10.0. The number of carboxylic acid groups (broad SMARTS) is 1. The number of ether oxygens (including phenoxy) is 1. The molecule has 1 aliphatic rings. The van der Waals surface area contributed by atoms with E-state index in [1.807, 2.05) is 0 Å². The third-order valence-corrected chi connectivity index (χ3v) is 2.43. The molecular formula is C11H19NO4. The SMILES string of the molecule is CC(C)(C)OC(=O)[C@H]1CCCCN1C(=O)O. The summed E-state index contributed by atoms with van der Waals surface area (Å²) in [7, 11) is 0. The fourth-order valence-electron chi connectivity index (χ4n) is 1.78. The molecule has 92 valence electrons. The van der Waals surface area contributed by atoms with Crippen LogP contribution in [0.2, 0.25) is 0 Å². The van der Waals surface area contributed by atoms with E-state index >= 15 is 0 Å². The maximum absolute atomic E-state index is 11.8. The van der Waals surface area contributed by atoms with Crippen molar-refractivity contribution in [3.8, 4) is 0 Å². The number of piperidine rings is 1. The lowest BCUT2D eigenvalue weighted by Crippen LogP contribution is -2.49. The number of carbonyl (C=O) groups is 2. The van der Waals surface area contributed by atoms with Gasteiger partial charge in [-0.25, -0.2) is 9.59 Å². The Morgan fingerprint density at radius 1 is 1.31 bits per heavy atom. The topological polar surface area (TPSA) is 66.8 Å². The van der Waals surface area contributed by atoms with E-state index < -0.39 is 23.7 Å². The molecule has 5 nitrogen and oxygen atoms in total. The summed E-state index contributed by atoms with van der Waals surface area (Å²) in [4.78, 5) is 23.9. The molecule has 0 saturated carbocycles. The van der Waals surface area contributed by atoms with E-state index in [1.165, 1.54) is 4.90 Å². The predicted molar refractivity (Wildman–Crippen MR) is 58.2 cm³/mol. The Labute approximate surface area is 95.4 Å². The van der Waals surface area contributed by atoms with Gasteiger partial charge in [0.05, 0.1) is 0 Å². The van der Waals surface area contributed by atoms with Crippen LogP contribution in [-0.4, -0.2) is 40.3 Å². The van der Waals surface area contributed by atoms with Crippen molar-refractivity contribution >= 4 is 12.1 Å². The van der Waals surface area contributed by atoms with Gasteiger partial charge in [0.25, 0.3) is 0 Å². The minimum atomic E-state index is -1.05. The van der Waals surface area contributed by atoms with Crippen LogP contribution in [0.5, 0.6) is 0 Å². The molecule has 0 aromatic heterocycles. The van der Waals surface area contributed by atoms with Crippen LogP contribution in [0.1, 0.15) is 40.0 Å². The molecule has 0 aromatic carbocycles. The molecule has 16 heavy (non-hydrogen) atoms. The summed E-state index contributed by atoms with van der Waals surface area (Å²) in [5.41, 5.74) is -0.571. The first kappa shape index (κ1) is 12.8. The second kappa shape index (κ2) is 4.72. The molecule has 1 N–H and O–H groups in total. The van der Waals surface area contributed by atoms with Crippen molar-refractivity contribution in [3.63, 3.8) is 0 Å². The lowest BCUT2D eigenvalue weighted by Gasteiger charge is -2.33. The van der Waals surface area contributed by atoms with E-state index in [0.717, 1.165) is 12.8 Å². The first-order chi connectivity index (χ1) is 7.31. The third kappa shape index (κ3) is 3.40. The summed E-state index contributed by atoms with van der Waals surface area (Å²) in [5.74, 6) is -0.436. The van der Waals surface area contributed by atoms with Crippen molar-refractivity contribution in [1.82, 2.24) is 4.90 Å². The average molecular weight is 229 g/mol. The van der Waals surface area contributed by atoms with Crippen molar-refractivity contribution in [3.05, 3.63) is 0 Å². The fourth-order valence-corrected chi connectivity index (χ4v) is 1.78. The largest absolute Gasteiger partial charge is 0.465 e. The van der Waals surface area contributed by atoms with E-state index in [-0.39, 0.29) is 0 Å². The first-order valence-corrected chi connectivity index (χ1v) is 5.54. The van der Waals surface area contributed by atoms with Crippen LogP contribution in [-0.2, 0) is 9.53 Å². The van der Waals surface area contributed by atoms with Crippen LogP contribution < -0.4 is 0 Å². The van der Waals surface area contributed by atoms with Gasteiger partial charge in [-0.05, 0) is 40.0 Å². The average Bonchev–Trinajstić information content (AvgIpc) is 2.15. The highest BCUT2D eigenvalue weighted by Crippen LogP contribution is 2.20. The number of carbonyl (C=O) groups excluding carboxylic acids is 1. The molecule has 1 amide bonds. The Morgan fingerprint density at radius 3 is 2.44 bits per heavy atom. The monoisotopic (exact) mass is 229 g/mol. The molecule has 1 fully saturated rings. The minimum Gasteiger partial charge on any atom is -0.465 e. The molecule has 5 heteroatoms. The highest BCUT2D eigenvalue weighted by Gasteiger charge is 2.34. The highest BCUT2D eigenvalue weighted by atomic mass is 16.6. The number of esters is 1. The van der Waals surface area contributed by atoms with Crippen LogP contribution in [0.25, 0.3) is 0 Å². The molecule has 0 aromatic rings. The van der Waals surface area contributed by atoms with Gasteiger partial charge in [-0.3, -0.25) is 4.90 Å². The van der Waals surface area contributed by atoms with E-state index in [1.54, 1.807) is 20.8 Å². The van der Waals surface area contributed by atoms with Crippen molar-refractivity contribution in [1.29, 1.82) is 0 Å². The van der Waals surface area contributed by atoms with Crippen molar-refractivity contribution in [2.45, 2.75) is 51.7 Å². The first-order valence-electron chi connectivity index (χ1n) is 5.54. The summed E-state index contributed by atoms with van der Waals surface area (Å²) >= 11 is 0. The van der Waals surface area contributed by atoms with Crippen LogP contribution in [0.4, 0.5) is 4.79 Å². The van der Waals surface area contributed by atoms with Crippen molar-refractivity contribution in [2.24, 2.45) is 0 Å². The van der Waals surface area contributed by atoms with Crippen molar-refractivity contribution in [2.75, 3.05) is 6.54 Å². The molecule has 1 atom stereocenters. The minimum absolute atomic E-state index is 0.416. The standard InChI is InChI=1S/C11H19NO4/c1-11(2,3)16-9(13)8-6-4-5-7-12(8)10(14)15/h8H,4-7H2,1-3H3,(H,14,15)/t8-/m1/s1. The quantitative estimate of drug-likeness (QED) is 0.697. The van der Waals surface area contributed by atoms with Crippen LogP contribution >= 0.6 is 0 Å². The molecule has 0 spiro atoms. The highest BCUT2D eigenvalue weighted by molar-refractivity contribution is 5.81. The summed E-state index contributed by atoms with van der Waals surface area (Å²) in [6.45, 7) is 5.75. The van der Waals surface area contributed by atoms with E-state index in [2.05, 4.69) is 0 Å². The van der Waals surface area contributed by atoms with Gasteiger partial charge >= 0.3 is 12.1 Å². The number of nitrogens with zero attached hydrogens (tertiary/aromatic N) is 1. The summed E-state index contributed by atoms with van der Waals surface area (Å²) in [6.07, 6.45) is 1.19. The number of hydrogen-bond acceptors (Lipinski definition) is 3. The Bertz CT molecular complexity index is 282. The second-order valence-electron chi connectivity index (χ2n) is 5.02. The van der Waals surface area contributed by atoms with Crippen LogP contribution in [0, 0.1) is 0 Å². The van der Waals surface area contributed by atoms with Gasteiger partial charge < -0.3 is 9.84 Å². The van der Waals surface area contributed by atoms with Gasteiger partial charge in [-0.1, -0.05) is 0 Å². The summed E-state index contributed by atoms with van der Waals surface area (Å²) in [5, 5.41) is 8.97. The Hall–Kier alpha value is -1.26. The normalized spacial score (nSPS) is 21.7. The number of likely N-dealkylation sites (tertiary alicyclic amines) is 1. The van der Waals surface area contributed by atoms with E-state index in [4.69, 9.17) is 9.84 Å². The number of rotatable bonds is 1. The third-order valence-electron chi connectivity index (χ3n) is 2.43. The Balaban J connectivity index is 2.68. The molecular weight excluding hydrogens is 210 g/mol. The lowest BCUT2D eigenvalue weighted by atomic mass is 10.0. The zero-order valence-corrected chi connectivity index (χ0v) is 10.0. The van der Waals surface area contributed by atoms with Gasteiger partial charge in [-0.2, -0.15) is 0 Å². The Morgan fingerprint density at radius 2 is 1.94 bits per heavy atom. The van der Waals surface area contributed by atoms with E-state index in [9.17, 15) is 9.59 Å². The molecule has 0 radical (unpaired) electrons. The number of amides is 1. The van der Waals surface area contributed by atoms with Crippen LogP contribution in [0.3, 0.4) is 0 Å². The summed E-state index contributed by atoms with van der Waals surface area (Å²) in [6, 6.07) is -0.634. The van der Waals surface area contributed by atoms with Crippen LogP contribution in [0.15, 0.2) is 0 Å². The van der Waals surface area contributed by atoms with Gasteiger partial charge in [0, 0.05) is 6.54 Å². The van der Waals surface area contributed by atoms with Gasteiger partial charge in [0.15, 0.2) is 0 Å². The molecule has 1 saturated heterocycles. The van der Waals surface area contributed by atoms with Gasteiger partial charge in [0.2, 0.25) is 0 Å². The molecule has 1 rings (SSSR count).